The standard InChI is InChI=1S/C17H15NO3S2/c1-11-13-6-2-3-7-14(13)23-16(11)17(20)21-10-15(19)18-9-12-5-4-8-22-12/h2-8H,9-10H2,1H3,(H,18,19). The van der Waals surface area contributed by atoms with Gasteiger partial charge in [0.25, 0.3) is 5.91 Å². The van der Waals surface area contributed by atoms with E-state index >= 15 is 0 Å². The lowest BCUT2D eigenvalue weighted by Gasteiger charge is -2.05. The third kappa shape index (κ3) is 3.60. The third-order valence-electron chi connectivity index (χ3n) is 3.40. The molecule has 0 aliphatic carbocycles. The molecular formula is C17H15NO3S2. The zero-order valence-corrected chi connectivity index (χ0v) is 14.1. The molecule has 0 fully saturated rings. The highest BCUT2D eigenvalue weighted by Gasteiger charge is 2.17. The van der Waals surface area contributed by atoms with Gasteiger partial charge in [-0.3, -0.25) is 4.79 Å². The fourth-order valence-electron chi connectivity index (χ4n) is 2.22. The highest BCUT2D eigenvalue weighted by atomic mass is 32.1. The van der Waals surface area contributed by atoms with Gasteiger partial charge in [-0.15, -0.1) is 22.7 Å². The first kappa shape index (κ1) is 15.7. The van der Waals surface area contributed by atoms with Crippen LogP contribution in [0.4, 0.5) is 0 Å². The van der Waals surface area contributed by atoms with Gasteiger partial charge in [0, 0.05) is 9.58 Å². The number of thiophene rings is 2. The molecule has 1 N–H and O–H groups in total. The van der Waals surface area contributed by atoms with E-state index in [1.54, 1.807) is 11.3 Å². The van der Waals surface area contributed by atoms with E-state index in [0.29, 0.717) is 11.4 Å². The summed E-state index contributed by atoms with van der Waals surface area (Å²) in [6.07, 6.45) is 0. The van der Waals surface area contributed by atoms with Gasteiger partial charge in [0.2, 0.25) is 0 Å². The number of carbonyl (C=O) groups excluding carboxylic acids is 2. The molecule has 1 aromatic carbocycles. The maximum atomic E-state index is 12.2. The summed E-state index contributed by atoms with van der Waals surface area (Å²) >= 11 is 2.96. The molecule has 3 aromatic rings. The van der Waals surface area contributed by atoms with Crippen molar-refractivity contribution in [2.75, 3.05) is 6.61 Å². The van der Waals surface area contributed by atoms with Crippen molar-refractivity contribution in [2.45, 2.75) is 13.5 Å². The van der Waals surface area contributed by atoms with Gasteiger partial charge in [-0.1, -0.05) is 24.3 Å². The Balaban J connectivity index is 1.58. The first-order valence-electron chi connectivity index (χ1n) is 7.09. The van der Waals surface area contributed by atoms with Crippen molar-refractivity contribution in [1.82, 2.24) is 5.32 Å². The van der Waals surface area contributed by atoms with E-state index in [1.807, 2.05) is 48.7 Å². The molecular weight excluding hydrogens is 330 g/mol. The van der Waals surface area contributed by atoms with Crippen LogP contribution in [0.25, 0.3) is 10.1 Å². The Morgan fingerprint density at radius 1 is 1.17 bits per heavy atom. The van der Waals surface area contributed by atoms with Crippen molar-refractivity contribution in [3.8, 4) is 0 Å². The minimum absolute atomic E-state index is 0.266. The largest absolute Gasteiger partial charge is 0.451 e. The van der Waals surface area contributed by atoms with Crippen LogP contribution < -0.4 is 5.32 Å². The maximum absolute atomic E-state index is 12.2. The predicted octanol–water partition coefficient (Wildman–Crippen LogP) is 3.74. The lowest BCUT2D eigenvalue weighted by molar-refractivity contribution is -0.124. The Hall–Kier alpha value is -2.18. The van der Waals surface area contributed by atoms with Crippen molar-refractivity contribution in [3.63, 3.8) is 0 Å². The van der Waals surface area contributed by atoms with Gasteiger partial charge in [-0.05, 0) is 35.4 Å². The Kier molecular flexibility index (Phi) is 4.73. The molecule has 0 saturated heterocycles. The van der Waals surface area contributed by atoms with E-state index in [4.69, 9.17) is 4.74 Å². The second-order valence-corrected chi connectivity index (χ2v) is 7.07. The molecule has 0 saturated carbocycles. The average molecular weight is 345 g/mol. The van der Waals surface area contributed by atoms with E-state index < -0.39 is 5.97 Å². The smallest absolute Gasteiger partial charge is 0.349 e. The predicted molar refractivity (Wildman–Crippen MR) is 93.0 cm³/mol. The minimum atomic E-state index is -0.449. The molecule has 2 heterocycles. The molecule has 0 radical (unpaired) electrons. The summed E-state index contributed by atoms with van der Waals surface area (Å²) in [6, 6.07) is 11.7. The number of nitrogens with one attached hydrogen (secondary N) is 1. The molecule has 4 nitrogen and oxygen atoms in total. The third-order valence-corrected chi connectivity index (χ3v) is 5.53. The second-order valence-electron chi connectivity index (χ2n) is 4.98. The van der Waals surface area contributed by atoms with Crippen molar-refractivity contribution in [2.24, 2.45) is 0 Å². The molecule has 0 aliphatic rings. The summed E-state index contributed by atoms with van der Waals surface area (Å²) < 4.78 is 6.17. The average Bonchev–Trinajstić information content (AvgIpc) is 3.19. The summed E-state index contributed by atoms with van der Waals surface area (Å²) in [5.74, 6) is -0.750. The van der Waals surface area contributed by atoms with Crippen LogP contribution in [0.3, 0.4) is 0 Å². The molecule has 6 heteroatoms. The van der Waals surface area contributed by atoms with Crippen LogP contribution in [0.2, 0.25) is 0 Å². The van der Waals surface area contributed by atoms with Crippen LogP contribution in [0.5, 0.6) is 0 Å². The van der Waals surface area contributed by atoms with Crippen LogP contribution in [0.1, 0.15) is 20.1 Å². The molecule has 1 amide bonds. The van der Waals surface area contributed by atoms with Gasteiger partial charge in [-0.25, -0.2) is 4.79 Å². The first-order chi connectivity index (χ1) is 11.1. The minimum Gasteiger partial charge on any atom is -0.451 e. The SMILES string of the molecule is Cc1c(C(=O)OCC(=O)NCc2cccs2)sc2ccccc12. The van der Waals surface area contributed by atoms with E-state index in [2.05, 4.69) is 5.32 Å². The number of esters is 1. The van der Waals surface area contributed by atoms with Crippen LogP contribution in [-0.2, 0) is 16.1 Å². The highest BCUT2D eigenvalue weighted by Crippen LogP contribution is 2.30. The van der Waals surface area contributed by atoms with E-state index in [-0.39, 0.29) is 12.5 Å². The van der Waals surface area contributed by atoms with Crippen molar-refractivity contribution in [1.29, 1.82) is 0 Å². The van der Waals surface area contributed by atoms with E-state index in [0.717, 1.165) is 20.5 Å². The highest BCUT2D eigenvalue weighted by molar-refractivity contribution is 7.21. The van der Waals surface area contributed by atoms with Crippen LogP contribution in [-0.4, -0.2) is 18.5 Å². The van der Waals surface area contributed by atoms with Gasteiger partial charge < -0.3 is 10.1 Å². The van der Waals surface area contributed by atoms with E-state index in [1.165, 1.54) is 11.3 Å². The summed E-state index contributed by atoms with van der Waals surface area (Å²) in [5, 5.41) is 5.73. The van der Waals surface area contributed by atoms with Crippen molar-refractivity contribution >= 4 is 44.6 Å². The number of aryl methyl sites for hydroxylation is 1. The number of carbonyl (C=O) groups is 2. The molecule has 3 rings (SSSR count). The molecule has 0 unspecified atom stereocenters. The van der Waals surface area contributed by atoms with Crippen LogP contribution in [0.15, 0.2) is 41.8 Å². The summed E-state index contributed by atoms with van der Waals surface area (Å²) in [6.45, 7) is 2.08. The molecule has 118 valence electrons. The van der Waals surface area contributed by atoms with Gasteiger partial charge >= 0.3 is 5.97 Å². The normalized spacial score (nSPS) is 10.7. The fraction of sp³-hybridized carbons (Fsp3) is 0.176. The number of amides is 1. The van der Waals surface area contributed by atoms with Gasteiger partial charge in [0.15, 0.2) is 6.61 Å². The summed E-state index contributed by atoms with van der Waals surface area (Å²) in [5.41, 5.74) is 0.898. The zero-order chi connectivity index (χ0) is 16.2. The Morgan fingerprint density at radius 2 is 2.00 bits per heavy atom. The number of rotatable bonds is 5. The van der Waals surface area contributed by atoms with Crippen LogP contribution in [0, 0.1) is 6.92 Å². The second kappa shape index (κ2) is 6.93. The molecule has 23 heavy (non-hydrogen) atoms. The lowest BCUT2D eigenvalue weighted by Crippen LogP contribution is -2.28. The zero-order valence-electron chi connectivity index (χ0n) is 12.5. The lowest BCUT2D eigenvalue weighted by atomic mass is 10.1. The number of fused-ring (bicyclic) bond motifs is 1. The monoisotopic (exact) mass is 345 g/mol. The maximum Gasteiger partial charge on any atom is 0.349 e. The number of hydrogen-bond donors (Lipinski definition) is 1. The molecule has 2 aromatic heterocycles. The number of ether oxygens (including phenoxy) is 1. The summed E-state index contributed by atoms with van der Waals surface area (Å²) in [4.78, 5) is 25.5. The fourth-order valence-corrected chi connectivity index (χ4v) is 3.96. The topological polar surface area (TPSA) is 55.4 Å². The first-order valence-corrected chi connectivity index (χ1v) is 8.79. The van der Waals surface area contributed by atoms with Crippen molar-refractivity contribution < 1.29 is 14.3 Å². The Morgan fingerprint density at radius 3 is 2.74 bits per heavy atom. The van der Waals surface area contributed by atoms with Crippen LogP contribution >= 0.6 is 22.7 Å². The number of benzene rings is 1. The Labute approximate surface area is 141 Å². The molecule has 0 bridgehead atoms. The Bertz CT molecular complexity index is 837. The van der Waals surface area contributed by atoms with Crippen molar-refractivity contribution in [3.05, 3.63) is 57.1 Å². The molecule has 0 aliphatic heterocycles. The van der Waals surface area contributed by atoms with Gasteiger partial charge in [0.05, 0.1) is 6.54 Å². The van der Waals surface area contributed by atoms with E-state index in [9.17, 15) is 9.59 Å². The molecule has 0 spiro atoms. The summed E-state index contributed by atoms with van der Waals surface area (Å²) in [7, 11) is 0. The number of hydrogen-bond acceptors (Lipinski definition) is 5. The molecule has 0 atom stereocenters. The van der Waals surface area contributed by atoms with Gasteiger partial charge in [0.1, 0.15) is 4.88 Å². The van der Waals surface area contributed by atoms with Gasteiger partial charge in [-0.2, -0.15) is 0 Å². The quantitative estimate of drug-likeness (QED) is 0.717.